The van der Waals surface area contributed by atoms with Gasteiger partial charge in [0.15, 0.2) is 0 Å². The van der Waals surface area contributed by atoms with Crippen LogP contribution >= 0.6 is 11.8 Å². The van der Waals surface area contributed by atoms with Crippen molar-refractivity contribution in [3.05, 3.63) is 53.6 Å². The van der Waals surface area contributed by atoms with Crippen LogP contribution in [0.15, 0.2) is 41.6 Å². The van der Waals surface area contributed by atoms with Crippen LogP contribution in [0.2, 0.25) is 0 Å². The van der Waals surface area contributed by atoms with E-state index in [2.05, 4.69) is 27.4 Å². The van der Waals surface area contributed by atoms with Crippen LogP contribution in [0.4, 0.5) is 0 Å². The van der Waals surface area contributed by atoms with Crippen LogP contribution in [0.5, 0.6) is 0 Å². The molecule has 0 spiro atoms. The molecule has 2 aromatic rings. The van der Waals surface area contributed by atoms with Crippen molar-refractivity contribution in [2.75, 3.05) is 0 Å². The fourth-order valence-electron chi connectivity index (χ4n) is 2.13. The summed E-state index contributed by atoms with van der Waals surface area (Å²) in [5.74, 6) is 0.0635. The van der Waals surface area contributed by atoms with Crippen LogP contribution < -0.4 is 5.32 Å². The van der Waals surface area contributed by atoms with Crippen molar-refractivity contribution in [1.29, 1.82) is 0 Å². The van der Waals surface area contributed by atoms with Crippen molar-refractivity contribution in [2.24, 2.45) is 0 Å². The molecule has 102 valence electrons. The number of hydrogen-bond acceptors (Lipinski definition) is 4. The molecule has 1 N–H and O–H groups in total. The quantitative estimate of drug-likeness (QED) is 0.938. The maximum atomic E-state index is 12.2. The molecule has 5 heteroatoms. The van der Waals surface area contributed by atoms with Gasteiger partial charge in [0.05, 0.1) is 29.4 Å². The van der Waals surface area contributed by atoms with Crippen LogP contribution in [-0.4, -0.2) is 21.1 Å². The van der Waals surface area contributed by atoms with Gasteiger partial charge in [0.25, 0.3) is 0 Å². The summed E-state index contributed by atoms with van der Waals surface area (Å²) in [5.41, 5.74) is 2.92. The molecule has 0 saturated carbocycles. The molecule has 20 heavy (non-hydrogen) atoms. The van der Waals surface area contributed by atoms with E-state index in [-0.39, 0.29) is 11.2 Å². The summed E-state index contributed by atoms with van der Waals surface area (Å²) in [7, 11) is 0. The SMILES string of the molecule is Cc1cnc(CNC(=O)[C@@H]2Cc3ccccc3S2)cn1. The number of carbonyl (C=O) groups excluding carboxylic acids is 1. The average Bonchev–Trinajstić information content (AvgIpc) is 2.90. The first-order valence-corrected chi connectivity index (χ1v) is 7.40. The number of rotatable bonds is 3. The topological polar surface area (TPSA) is 54.9 Å². The molecule has 4 nitrogen and oxygen atoms in total. The number of nitrogens with one attached hydrogen (secondary N) is 1. The lowest BCUT2D eigenvalue weighted by Crippen LogP contribution is -2.32. The van der Waals surface area contributed by atoms with Gasteiger partial charge >= 0.3 is 0 Å². The van der Waals surface area contributed by atoms with Crippen LogP contribution in [0, 0.1) is 6.92 Å². The highest BCUT2D eigenvalue weighted by atomic mass is 32.2. The van der Waals surface area contributed by atoms with Crippen LogP contribution in [0.25, 0.3) is 0 Å². The first kappa shape index (κ1) is 13.1. The van der Waals surface area contributed by atoms with Crippen LogP contribution in [-0.2, 0) is 17.8 Å². The standard InChI is InChI=1S/C15H15N3OS/c1-10-7-17-12(8-16-10)9-18-15(19)14-6-11-4-2-3-5-13(11)20-14/h2-5,7-8,14H,6,9H2,1H3,(H,18,19)/t14-/m0/s1. The molecule has 1 amide bonds. The number of carbonyl (C=O) groups is 1. The van der Waals surface area contributed by atoms with E-state index in [0.29, 0.717) is 6.54 Å². The summed E-state index contributed by atoms with van der Waals surface area (Å²) in [6, 6.07) is 8.18. The highest BCUT2D eigenvalue weighted by molar-refractivity contribution is 8.01. The minimum absolute atomic E-state index is 0.0363. The Morgan fingerprint density at radius 3 is 2.95 bits per heavy atom. The van der Waals surface area contributed by atoms with Gasteiger partial charge < -0.3 is 5.32 Å². The normalized spacial score (nSPS) is 16.8. The number of hydrogen-bond donors (Lipinski definition) is 1. The third-order valence-electron chi connectivity index (χ3n) is 3.22. The van der Waals surface area contributed by atoms with Gasteiger partial charge in [-0.25, -0.2) is 0 Å². The Balaban J connectivity index is 1.57. The van der Waals surface area contributed by atoms with Gasteiger partial charge in [-0.05, 0) is 25.0 Å². The minimum atomic E-state index is -0.0363. The van der Waals surface area contributed by atoms with Crippen molar-refractivity contribution in [3.8, 4) is 0 Å². The van der Waals surface area contributed by atoms with Crippen molar-refractivity contribution in [3.63, 3.8) is 0 Å². The lowest BCUT2D eigenvalue weighted by atomic mass is 10.1. The van der Waals surface area contributed by atoms with Gasteiger partial charge in [0, 0.05) is 11.1 Å². The maximum Gasteiger partial charge on any atom is 0.234 e. The Hall–Kier alpha value is -1.88. The third kappa shape index (κ3) is 2.82. The number of nitrogens with zero attached hydrogens (tertiary/aromatic N) is 2. The monoisotopic (exact) mass is 285 g/mol. The smallest absolute Gasteiger partial charge is 0.234 e. The molecule has 1 atom stereocenters. The fourth-order valence-corrected chi connectivity index (χ4v) is 3.35. The summed E-state index contributed by atoms with van der Waals surface area (Å²) < 4.78 is 0. The van der Waals surface area contributed by atoms with E-state index in [1.807, 2.05) is 19.1 Å². The first-order valence-electron chi connectivity index (χ1n) is 6.52. The largest absolute Gasteiger partial charge is 0.349 e. The number of thioether (sulfide) groups is 1. The van der Waals surface area contributed by atoms with E-state index in [0.717, 1.165) is 17.8 Å². The second-order valence-corrected chi connectivity index (χ2v) is 6.03. The number of aromatic nitrogens is 2. The molecule has 3 rings (SSSR count). The zero-order valence-corrected chi connectivity index (χ0v) is 12.0. The summed E-state index contributed by atoms with van der Waals surface area (Å²) in [5, 5.41) is 2.90. The van der Waals surface area contributed by atoms with Crippen molar-refractivity contribution >= 4 is 17.7 Å². The molecule has 0 saturated heterocycles. The van der Waals surface area contributed by atoms with Crippen molar-refractivity contribution in [1.82, 2.24) is 15.3 Å². The Labute approximate surface area is 122 Å². The van der Waals surface area contributed by atoms with Gasteiger partial charge in [-0.3, -0.25) is 14.8 Å². The lowest BCUT2D eigenvalue weighted by Gasteiger charge is -2.09. The second-order valence-electron chi connectivity index (χ2n) is 4.79. The third-order valence-corrected chi connectivity index (χ3v) is 4.54. The zero-order chi connectivity index (χ0) is 13.9. The van der Waals surface area contributed by atoms with E-state index < -0.39 is 0 Å². The summed E-state index contributed by atoms with van der Waals surface area (Å²) in [6.07, 6.45) is 4.21. The van der Waals surface area contributed by atoms with Crippen molar-refractivity contribution in [2.45, 2.75) is 30.0 Å². The van der Waals surface area contributed by atoms with Gasteiger partial charge in [0.1, 0.15) is 0 Å². The Morgan fingerprint density at radius 1 is 1.35 bits per heavy atom. The van der Waals surface area contributed by atoms with E-state index in [1.54, 1.807) is 24.2 Å². The van der Waals surface area contributed by atoms with E-state index in [1.165, 1.54) is 10.5 Å². The Kier molecular flexibility index (Phi) is 3.69. The van der Waals surface area contributed by atoms with Gasteiger partial charge in [-0.1, -0.05) is 18.2 Å². The lowest BCUT2D eigenvalue weighted by molar-refractivity contribution is -0.120. The highest BCUT2D eigenvalue weighted by Crippen LogP contribution is 2.36. The molecular formula is C15H15N3OS. The second kappa shape index (κ2) is 5.63. The molecule has 0 unspecified atom stereocenters. The van der Waals surface area contributed by atoms with Gasteiger partial charge in [-0.15, -0.1) is 11.8 Å². The first-order chi connectivity index (χ1) is 9.72. The maximum absolute atomic E-state index is 12.2. The summed E-state index contributed by atoms with van der Waals surface area (Å²) in [4.78, 5) is 21.8. The van der Waals surface area contributed by atoms with Crippen LogP contribution in [0.1, 0.15) is 17.0 Å². The average molecular weight is 285 g/mol. The van der Waals surface area contributed by atoms with E-state index in [4.69, 9.17) is 0 Å². The zero-order valence-electron chi connectivity index (χ0n) is 11.2. The summed E-state index contributed by atoms with van der Waals surface area (Å²) in [6.45, 7) is 2.32. The predicted octanol–water partition coefficient (Wildman–Crippen LogP) is 2.12. The molecule has 0 fully saturated rings. The van der Waals surface area contributed by atoms with E-state index in [9.17, 15) is 4.79 Å². The highest BCUT2D eigenvalue weighted by Gasteiger charge is 2.27. The number of benzene rings is 1. The molecule has 1 aromatic heterocycles. The minimum Gasteiger partial charge on any atom is -0.349 e. The number of amides is 1. The molecule has 2 heterocycles. The molecule has 0 bridgehead atoms. The van der Waals surface area contributed by atoms with Crippen molar-refractivity contribution < 1.29 is 4.79 Å². The van der Waals surface area contributed by atoms with Gasteiger partial charge in [0.2, 0.25) is 5.91 Å². The fraction of sp³-hybridized carbons (Fsp3) is 0.267. The predicted molar refractivity (Wildman–Crippen MR) is 78.4 cm³/mol. The number of fused-ring (bicyclic) bond motifs is 1. The Bertz CT molecular complexity index is 602. The van der Waals surface area contributed by atoms with Crippen LogP contribution in [0.3, 0.4) is 0 Å². The summed E-state index contributed by atoms with van der Waals surface area (Å²) >= 11 is 1.63. The molecule has 1 aliphatic heterocycles. The molecule has 1 aliphatic rings. The Morgan fingerprint density at radius 2 is 2.20 bits per heavy atom. The molecule has 0 aliphatic carbocycles. The molecular weight excluding hydrogens is 270 g/mol. The molecule has 0 radical (unpaired) electrons. The van der Waals surface area contributed by atoms with Gasteiger partial charge in [-0.2, -0.15) is 0 Å². The van der Waals surface area contributed by atoms with E-state index >= 15 is 0 Å². The molecule has 1 aromatic carbocycles. The number of aryl methyl sites for hydroxylation is 1.